The van der Waals surface area contributed by atoms with Crippen molar-refractivity contribution >= 4 is 5.69 Å². The SMILES string of the molecule is COc1ccc(-c2nnc(CN3CCN(c4ccccc4)CC3)o2)cc1. The van der Waals surface area contributed by atoms with Crippen molar-refractivity contribution in [3.63, 3.8) is 0 Å². The van der Waals surface area contributed by atoms with E-state index in [2.05, 4.69) is 50.3 Å². The Morgan fingerprint density at radius 3 is 2.35 bits per heavy atom. The minimum Gasteiger partial charge on any atom is -0.497 e. The van der Waals surface area contributed by atoms with Crippen molar-refractivity contribution in [2.45, 2.75) is 6.54 Å². The van der Waals surface area contributed by atoms with Crippen LogP contribution in [-0.4, -0.2) is 48.4 Å². The van der Waals surface area contributed by atoms with Crippen LogP contribution in [0.5, 0.6) is 5.75 Å². The van der Waals surface area contributed by atoms with E-state index in [1.165, 1.54) is 5.69 Å². The molecule has 0 spiro atoms. The van der Waals surface area contributed by atoms with Gasteiger partial charge in [0.05, 0.1) is 13.7 Å². The van der Waals surface area contributed by atoms with E-state index in [-0.39, 0.29) is 0 Å². The number of benzene rings is 2. The lowest BCUT2D eigenvalue weighted by Crippen LogP contribution is -2.46. The van der Waals surface area contributed by atoms with Crippen LogP contribution in [0, 0.1) is 0 Å². The van der Waals surface area contributed by atoms with Gasteiger partial charge in [-0.05, 0) is 36.4 Å². The zero-order valence-corrected chi connectivity index (χ0v) is 14.8. The van der Waals surface area contributed by atoms with Crippen LogP contribution in [0.3, 0.4) is 0 Å². The maximum absolute atomic E-state index is 5.84. The van der Waals surface area contributed by atoms with Crippen molar-refractivity contribution in [1.82, 2.24) is 15.1 Å². The molecule has 6 nitrogen and oxygen atoms in total. The van der Waals surface area contributed by atoms with Gasteiger partial charge in [0.2, 0.25) is 11.8 Å². The van der Waals surface area contributed by atoms with Gasteiger partial charge in [-0.3, -0.25) is 4.90 Å². The van der Waals surface area contributed by atoms with Crippen LogP contribution < -0.4 is 9.64 Å². The van der Waals surface area contributed by atoms with Gasteiger partial charge in [-0.25, -0.2) is 0 Å². The Hall–Kier alpha value is -2.86. The van der Waals surface area contributed by atoms with Crippen LogP contribution in [0.1, 0.15) is 5.89 Å². The number of ether oxygens (including phenoxy) is 1. The molecule has 0 aliphatic carbocycles. The monoisotopic (exact) mass is 350 g/mol. The van der Waals surface area contributed by atoms with E-state index >= 15 is 0 Å². The molecule has 2 aromatic carbocycles. The summed E-state index contributed by atoms with van der Waals surface area (Å²) in [6.45, 7) is 4.66. The Kier molecular flexibility index (Phi) is 4.84. The Labute approximate surface area is 153 Å². The Morgan fingerprint density at radius 2 is 1.65 bits per heavy atom. The molecular formula is C20H22N4O2. The van der Waals surface area contributed by atoms with Gasteiger partial charge < -0.3 is 14.1 Å². The van der Waals surface area contributed by atoms with Crippen molar-refractivity contribution in [1.29, 1.82) is 0 Å². The normalized spacial score (nSPS) is 15.2. The van der Waals surface area contributed by atoms with Crippen LogP contribution in [0.15, 0.2) is 59.0 Å². The van der Waals surface area contributed by atoms with E-state index in [9.17, 15) is 0 Å². The number of para-hydroxylation sites is 1. The van der Waals surface area contributed by atoms with Gasteiger partial charge in [-0.1, -0.05) is 18.2 Å². The highest BCUT2D eigenvalue weighted by molar-refractivity contribution is 5.54. The van der Waals surface area contributed by atoms with Gasteiger partial charge in [0.1, 0.15) is 5.75 Å². The number of hydrogen-bond donors (Lipinski definition) is 0. The molecule has 0 bridgehead atoms. The zero-order valence-electron chi connectivity index (χ0n) is 14.8. The number of rotatable bonds is 5. The molecule has 0 atom stereocenters. The maximum atomic E-state index is 5.84. The minimum atomic E-state index is 0.547. The van der Waals surface area contributed by atoms with E-state index in [1.807, 2.05) is 24.3 Å². The van der Waals surface area contributed by atoms with Crippen molar-refractivity contribution in [2.24, 2.45) is 0 Å². The van der Waals surface area contributed by atoms with Gasteiger partial charge in [0.15, 0.2) is 0 Å². The fraction of sp³-hybridized carbons (Fsp3) is 0.300. The second-order valence-electron chi connectivity index (χ2n) is 6.33. The van der Waals surface area contributed by atoms with E-state index in [0.29, 0.717) is 18.3 Å². The molecule has 1 saturated heterocycles. The number of nitrogens with zero attached hydrogens (tertiary/aromatic N) is 4. The summed E-state index contributed by atoms with van der Waals surface area (Å²) in [4.78, 5) is 4.76. The lowest BCUT2D eigenvalue weighted by Gasteiger charge is -2.35. The number of anilines is 1. The highest BCUT2D eigenvalue weighted by Crippen LogP contribution is 2.22. The molecule has 26 heavy (non-hydrogen) atoms. The lowest BCUT2D eigenvalue weighted by atomic mass is 10.2. The highest BCUT2D eigenvalue weighted by atomic mass is 16.5. The van der Waals surface area contributed by atoms with E-state index in [0.717, 1.165) is 37.5 Å². The first-order valence-electron chi connectivity index (χ1n) is 8.81. The average molecular weight is 350 g/mol. The molecule has 134 valence electrons. The molecule has 0 amide bonds. The summed E-state index contributed by atoms with van der Waals surface area (Å²) in [6, 6.07) is 18.2. The summed E-state index contributed by atoms with van der Waals surface area (Å²) in [5, 5.41) is 8.38. The molecule has 1 aliphatic heterocycles. The van der Waals surface area contributed by atoms with Crippen molar-refractivity contribution in [3.8, 4) is 17.2 Å². The summed E-state index contributed by atoms with van der Waals surface area (Å²) in [5.41, 5.74) is 2.19. The summed E-state index contributed by atoms with van der Waals surface area (Å²) in [7, 11) is 1.65. The summed E-state index contributed by atoms with van der Waals surface area (Å²) >= 11 is 0. The average Bonchev–Trinajstić information content (AvgIpc) is 3.18. The second-order valence-corrected chi connectivity index (χ2v) is 6.33. The highest BCUT2D eigenvalue weighted by Gasteiger charge is 2.19. The summed E-state index contributed by atoms with van der Waals surface area (Å²) in [6.07, 6.45) is 0. The third kappa shape index (κ3) is 3.70. The fourth-order valence-corrected chi connectivity index (χ4v) is 3.16. The minimum absolute atomic E-state index is 0.547. The van der Waals surface area contributed by atoms with Crippen LogP contribution in [-0.2, 0) is 6.54 Å². The van der Waals surface area contributed by atoms with Crippen molar-refractivity contribution in [3.05, 3.63) is 60.5 Å². The largest absolute Gasteiger partial charge is 0.497 e. The molecule has 1 aliphatic rings. The molecule has 0 saturated carbocycles. The smallest absolute Gasteiger partial charge is 0.247 e. The Bertz CT molecular complexity index is 825. The van der Waals surface area contributed by atoms with Crippen LogP contribution in [0.25, 0.3) is 11.5 Å². The molecule has 0 N–H and O–H groups in total. The number of piperazine rings is 1. The Morgan fingerprint density at radius 1 is 0.923 bits per heavy atom. The zero-order chi connectivity index (χ0) is 17.8. The number of methoxy groups -OCH3 is 1. The topological polar surface area (TPSA) is 54.6 Å². The lowest BCUT2D eigenvalue weighted by molar-refractivity contribution is 0.227. The molecule has 2 heterocycles. The third-order valence-electron chi connectivity index (χ3n) is 4.66. The molecule has 1 aromatic heterocycles. The molecule has 0 unspecified atom stereocenters. The first-order chi connectivity index (χ1) is 12.8. The Balaban J connectivity index is 1.35. The summed E-state index contributed by atoms with van der Waals surface area (Å²) in [5.74, 6) is 2.01. The first kappa shape index (κ1) is 16.6. The molecule has 0 radical (unpaired) electrons. The predicted molar refractivity (Wildman–Crippen MR) is 100 cm³/mol. The van der Waals surface area contributed by atoms with Gasteiger partial charge in [0, 0.05) is 37.4 Å². The standard InChI is InChI=1S/C20H22N4O2/c1-25-18-9-7-16(8-10-18)20-22-21-19(26-20)15-23-11-13-24(14-12-23)17-5-3-2-4-6-17/h2-10H,11-15H2,1H3. The third-order valence-corrected chi connectivity index (χ3v) is 4.66. The fourth-order valence-electron chi connectivity index (χ4n) is 3.16. The predicted octanol–water partition coefficient (Wildman–Crippen LogP) is 3.07. The second kappa shape index (κ2) is 7.58. The first-order valence-corrected chi connectivity index (χ1v) is 8.81. The van der Waals surface area contributed by atoms with Crippen molar-refractivity contribution in [2.75, 3.05) is 38.2 Å². The molecule has 6 heteroatoms. The van der Waals surface area contributed by atoms with Gasteiger partial charge >= 0.3 is 0 Å². The van der Waals surface area contributed by atoms with Crippen LogP contribution in [0.4, 0.5) is 5.69 Å². The van der Waals surface area contributed by atoms with Crippen LogP contribution >= 0.6 is 0 Å². The molecular weight excluding hydrogens is 328 g/mol. The van der Waals surface area contributed by atoms with Gasteiger partial charge in [-0.2, -0.15) is 0 Å². The molecule has 1 fully saturated rings. The van der Waals surface area contributed by atoms with E-state index < -0.39 is 0 Å². The van der Waals surface area contributed by atoms with Gasteiger partial charge in [0.25, 0.3) is 0 Å². The van der Waals surface area contributed by atoms with E-state index in [1.54, 1.807) is 7.11 Å². The number of aromatic nitrogens is 2. The van der Waals surface area contributed by atoms with Gasteiger partial charge in [-0.15, -0.1) is 10.2 Å². The number of hydrogen-bond acceptors (Lipinski definition) is 6. The van der Waals surface area contributed by atoms with E-state index in [4.69, 9.17) is 9.15 Å². The maximum Gasteiger partial charge on any atom is 0.247 e. The summed E-state index contributed by atoms with van der Waals surface area (Å²) < 4.78 is 11.0. The van der Waals surface area contributed by atoms with Crippen LogP contribution in [0.2, 0.25) is 0 Å². The quantitative estimate of drug-likeness (QED) is 0.705. The van der Waals surface area contributed by atoms with Crippen molar-refractivity contribution < 1.29 is 9.15 Å². The molecule has 3 aromatic rings. The molecule has 4 rings (SSSR count).